The van der Waals surface area contributed by atoms with E-state index in [0.29, 0.717) is 10.5 Å². The van der Waals surface area contributed by atoms with Crippen LogP contribution in [0.15, 0.2) is 66.9 Å². The normalized spacial score (nSPS) is 12.2. The zero-order valence-corrected chi connectivity index (χ0v) is 13.0. The molecule has 2 rings (SSSR count). The van der Waals surface area contributed by atoms with Gasteiger partial charge in [0.2, 0.25) is 0 Å². The Kier molecular flexibility index (Phi) is 4.81. The van der Waals surface area contributed by atoms with Crippen LogP contribution in [0.2, 0.25) is 0 Å². The quantitative estimate of drug-likeness (QED) is 0.851. The van der Waals surface area contributed by atoms with E-state index in [1.165, 1.54) is 0 Å². The second-order valence-corrected chi connectivity index (χ2v) is 7.03. The first-order valence-corrected chi connectivity index (χ1v) is 8.34. The summed E-state index contributed by atoms with van der Waals surface area (Å²) in [4.78, 5) is 2.10. The molecule has 2 aromatic rings. The van der Waals surface area contributed by atoms with Gasteiger partial charge in [0.15, 0.2) is 9.84 Å². The monoisotopic (exact) mass is 301 g/mol. The van der Waals surface area contributed by atoms with Crippen LogP contribution in [-0.4, -0.2) is 27.4 Å². The highest BCUT2D eigenvalue weighted by molar-refractivity contribution is 7.99. The second-order valence-electron chi connectivity index (χ2n) is 5.07. The Bertz CT molecular complexity index is 705. The topological polar surface area (TPSA) is 37.4 Å². The largest absolute Gasteiger partial charge is 0.382 e. The van der Waals surface area contributed by atoms with Gasteiger partial charge < -0.3 is 4.90 Å². The number of hydrogen-bond donors (Lipinski definition) is 0. The van der Waals surface area contributed by atoms with Crippen LogP contribution in [0.4, 0.5) is 0 Å². The number of hydrogen-bond acceptors (Lipinski definition) is 3. The predicted octanol–water partition coefficient (Wildman–Crippen LogP) is 3.16. The van der Waals surface area contributed by atoms with Gasteiger partial charge in [0, 0.05) is 20.3 Å². The molecule has 0 fully saturated rings. The molecule has 0 aliphatic rings. The standard InChI is InChI=1S/C17H19NO2S/c1-18(2)13-17(16-11-7-4-8-12-16)21(19,20)14-15-9-5-3-6-10-15/h3-13H,14H2,1-2H3. The Morgan fingerprint density at radius 2 is 1.48 bits per heavy atom. The van der Waals surface area contributed by atoms with Gasteiger partial charge in [-0.1, -0.05) is 60.7 Å². The molecular formula is C17H19NO2S. The number of benzene rings is 2. The maximum absolute atomic E-state index is 12.7. The van der Waals surface area contributed by atoms with E-state index < -0.39 is 9.84 Å². The van der Waals surface area contributed by atoms with E-state index in [-0.39, 0.29) is 5.75 Å². The van der Waals surface area contributed by atoms with Crippen molar-refractivity contribution in [3.8, 4) is 0 Å². The fourth-order valence-corrected chi connectivity index (χ4v) is 3.70. The first kappa shape index (κ1) is 15.3. The first-order valence-electron chi connectivity index (χ1n) is 6.69. The predicted molar refractivity (Wildman–Crippen MR) is 87.2 cm³/mol. The van der Waals surface area contributed by atoms with Crippen molar-refractivity contribution in [1.82, 2.24) is 4.90 Å². The minimum absolute atomic E-state index is 0.00239. The molecule has 4 heteroatoms. The summed E-state index contributed by atoms with van der Waals surface area (Å²) >= 11 is 0. The molecule has 0 unspecified atom stereocenters. The number of rotatable bonds is 5. The minimum atomic E-state index is -3.40. The van der Waals surface area contributed by atoms with Crippen molar-refractivity contribution in [2.75, 3.05) is 14.1 Å². The first-order chi connectivity index (χ1) is 9.99. The Morgan fingerprint density at radius 3 is 2.00 bits per heavy atom. The molecule has 0 spiro atoms. The molecule has 0 N–H and O–H groups in total. The van der Waals surface area contributed by atoms with Crippen LogP contribution in [0.1, 0.15) is 11.1 Å². The maximum Gasteiger partial charge on any atom is 0.184 e. The summed E-state index contributed by atoms with van der Waals surface area (Å²) in [6, 6.07) is 18.4. The summed E-state index contributed by atoms with van der Waals surface area (Å²) in [5.41, 5.74) is 1.50. The van der Waals surface area contributed by atoms with Crippen molar-refractivity contribution in [1.29, 1.82) is 0 Å². The summed E-state index contributed by atoms with van der Waals surface area (Å²) in [7, 11) is 0.237. The molecule has 0 aliphatic carbocycles. The summed E-state index contributed by atoms with van der Waals surface area (Å²) in [6.45, 7) is 0. The van der Waals surface area contributed by atoms with Gasteiger partial charge in [0.05, 0.1) is 10.7 Å². The Hall–Kier alpha value is -2.07. The van der Waals surface area contributed by atoms with Crippen LogP contribution in [0.5, 0.6) is 0 Å². The van der Waals surface area contributed by atoms with Crippen LogP contribution in [0, 0.1) is 0 Å². The van der Waals surface area contributed by atoms with E-state index in [0.717, 1.165) is 5.56 Å². The Morgan fingerprint density at radius 1 is 0.952 bits per heavy atom. The van der Waals surface area contributed by atoms with E-state index >= 15 is 0 Å². The lowest BCUT2D eigenvalue weighted by Gasteiger charge is -2.13. The molecule has 3 nitrogen and oxygen atoms in total. The van der Waals surface area contributed by atoms with E-state index in [1.54, 1.807) is 11.1 Å². The van der Waals surface area contributed by atoms with E-state index in [1.807, 2.05) is 74.8 Å². The molecule has 0 atom stereocenters. The third kappa shape index (κ3) is 4.20. The number of nitrogens with zero attached hydrogens (tertiary/aromatic N) is 1. The molecule has 0 amide bonds. The van der Waals surface area contributed by atoms with Gasteiger partial charge >= 0.3 is 0 Å². The molecule has 0 heterocycles. The van der Waals surface area contributed by atoms with Gasteiger partial charge in [-0.2, -0.15) is 0 Å². The average molecular weight is 301 g/mol. The molecule has 0 bridgehead atoms. The van der Waals surface area contributed by atoms with Gasteiger partial charge in [0.25, 0.3) is 0 Å². The van der Waals surface area contributed by atoms with Crippen molar-refractivity contribution < 1.29 is 8.42 Å². The number of sulfone groups is 1. The van der Waals surface area contributed by atoms with E-state index in [4.69, 9.17) is 0 Å². The van der Waals surface area contributed by atoms with Gasteiger partial charge in [0.1, 0.15) is 0 Å². The molecule has 0 saturated carbocycles. The fourth-order valence-electron chi connectivity index (χ4n) is 2.04. The van der Waals surface area contributed by atoms with Gasteiger partial charge in [-0.25, -0.2) is 8.42 Å². The van der Waals surface area contributed by atoms with Crippen molar-refractivity contribution in [3.63, 3.8) is 0 Å². The van der Waals surface area contributed by atoms with Crippen LogP contribution < -0.4 is 0 Å². The summed E-state index contributed by atoms with van der Waals surface area (Å²) in [5, 5.41) is 0. The van der Waals surface area contributed by atoms with Crippen LogP contribution >= 0.6 is 0 Å². The highest BCUT2D eigenvalue weighted by Crippen LogP contribution is 2.24. The van der Waals surface area contributed by atoms with Crippen molar-refractivity contribution >= 4 is 14.7 Å². The fraction of sp³-hybridized carbons (Fsp3) is 0.176. The lowest BCUT2D eigenvalue weighted by Crippen LogP contribution is -2.11. The molecule has 0 radical (unpaired) electrons. The zero-order valence-electron chi connectivity index (χ0n) is 12.2. The second kappa shape index (κ2) is 6.59. The molecule has 0 saturated heterocycles. The molecule has 2 aromatic carbocycles. The lowest BCUT2D eigenvalue weighted by molar-refractivity contribution is 0.564. The van der Waals surface area contributed by atoms with Crippen molar-refractivity contribution in [2.45, 2.75) is 5.75 Å². The zero-order chi connectivity index (χ0) is 15.3. The Balaban J connectivity index is 2.42. The summed E-state index contributed by atoms with van der Waals surface area (Å²) in [6.07, 6.45) is 1.66. The van der Waals surface area contributed by atoms with Crippen LogP contribution in [0.3, 0.4) is 0 Å². The third-order valence-electron chi connectivity index (χ3n) is 2.97. The van der Waals surface area contributed by atoms with E-state index in [2.05, 4.69) is 0 Å². The maximum atomic E-state index is 12.7. The van der Waals surface area contributed by atoms with Crippen LogP contribution in [-0.2, 0) is 15.6 Å². The molecule has 0 aromatic heterocycles. The van der Waals surface area contributed by atoms with E-state index in [9.17, 15) is 8.42 Å². The molecule has 110 valence electrons. The SMILES string of the molecule is CN(C)C=C(c1ccccc1)S(=O)(=O)Cc1ccccc1. The van der Waals surface area contributed by atoms with Crippen molar-refractivity contribution in [3.05, 3.63) is 78.0 Å². The third-order valence-corrected chi connectivity index (χ3v) is 4.69. The van der Waals surface area contributed by atoms with Gasteiger partial charge in [-0.15, -0.1) is 0 Å². The highest BCUT2D eigenvalue weighted by atomic mass is 32.2. The average Bonchev–Trinajstić information content (AvgIpc) is 2.46. The summed E-state index contributed by atoms with van der Waals surface area (Å²) < 4.78 is 25.5. The summed E-state index contributed by atoms with van der Waals surface area (Å²) in [5.74, 6) is 0.00239. The van der Waals surface area contributed by atoms with Crippen molar-refractivity contribution in [2.24, 2.45) is 0 Å². The minimum Gasteiger partial charge on any atom is -0.382 e. The van der Waals surface area contributed by atoms with Gasteiger partial charge in [-0.3, -0.25) is 0 Å². The highest BCUT2D eigenvalue weighted by Gasteiger charge is 2.20. The molecular weight excluding hydrogens is 282 g/mol. The molecule has 0 aliphatic heterocycles. The van der Waals surface area contributed by atoms with Crippen LogP contribution in [0.25, 0.3) is 4.91 Å². The van der Waals surface area contributed by atoms with Gasteiger partial charge in [-0.05, 0) is 11.1 Å². The Labute approximate surface area is 126 Å². The smallest absolute Gasteiger partial charge is 0.184 e. The lowest BCUT2D eigenvalue weighted by atomic mass is 10.2. The molecule has 21 heavy (non-hydrogen) atoms.